The van der Waals surface area contributed by atoms with E-state index in [2.05, 4.69) is 6.92 Å². The molecule has 0 heterocycles. The summed E-state index contributed by atoms with van der Waals surface area (Å²) in [7, 11) is 0. The lowest BCUT2D eigenvalue weighted by Crippen LogP contribution is -1.87. The molecule has 0 radical (unpaired) electrons. The van der Waals surface area contributed by atoms with E-state index in [1.54, 1.807) is 0 Å². The number of phenolic OH excluding ortho intramolecular Hbond substituents is 3. The second-order valence-corrected chi connectivity index (χ2v) is 6.98. The Hall–Kier alpha value is -1.38. The molecule has 1 aromatic carbocycles. The Balaban J connectivity index is 1.92. The first-order valence-electron chi connectivity index (χ1n) is 9.89. The number of benzene rings is 1. The predicted octanol–water partition coefficient (Wildman–Crippen LogP) is 6.44. The number of phenols is 3. The molecule has 0 aromatic heterocycles. The molecule has 0 atom stereocenters. The first-order chi connectivity index (χ1) is 11.6. The molecule has 3 N–H and O–H groups in total. The maximum Gasteiger partial charge on any atom is 0.200 e. The first kappa shape index (κ1) is 20.7. The molecule has 1 rings (SSSR count). The summed E-state index contributed by atoms with van der Waals surface area (Å²) >= 11 is 0. The zero-order valence-corrected chi connectivity index (χ0v) is 15.4. The van der Waals surface area contributed by atoms with Gasteiger partial charge in [-0.15, -0.1) is 0 Å². The number of unbranched alkanes of at least 4 members (excludes halogenated alkanes) is 12. The van der Waals surface area contributed by atoms with Gasteiger partial charge in [0.1, 0.15) is 0 Å². The molecule has 0 aliphatic rings. The summed E-state index contributed by atoms with van der Waals surface area (Å²) in [6.07, 6.45) is 18.1. The third-order valence-electron chi connectivity index (χ3n) is 4.70. The minimum atomic E-state index is -0.427. The highest BCUT2D eigenvalue weighted by Crippen LogP contribution is 2.35. The van der Waals surface area contributed by atoms with Gasteiger partial charge in [-0.3, -0.25) is 0 Å². The number of aryl methyl sites for hydroxylation is 1. The standard InChI is InChI=1S/C21H36O3/c1-2-3-4-5-6-7-8-9-10-11-12-13-14-15-18-16-19(22)21(24)20(23)17-18/h16-17,22-24H,2-15H2,1H3. The van der Waals surface area contributed by atoms with Crippen molar-refractivity contribution in [1.29, 1.82) is 0 Å². The zero-order valence-electron chi connectivity index (χ0n) is 15.4. The van der Waals surface area contributed by atoms with Gasteiger partial charge in [0.05, 0.1) is 0 Å². The lowest BCUT2D eigenvalue weighted by atomic mass is 10.0. The molecule has 1 aromatic rings. The summed E-state index contributed by atoms with van der Waals surface area (Å²) < 4.78 is 0. The third kappa shape index (κ3) is 9.05. The van der Waals surface area contributed by atoms with Crippen molar-refractivity contribution in [2.45, 2.75) is 96.8 Å². The fourth-order valence-electron chi connectivity index (χ4n) is 3.15. The molecule has 0 spiro atoms. The molecule has 0 bridgehead atoms. The smallest absolute Gasteiger partial charge is 0.200 e. The van der Waals surface area contributed by atoms with Gasteiger partial charge in [0.15, 0.2) is 17.2 Å². The van der Waals surface area contributed by atoms with E-state index in [0.29, 0.717) is 0 Å². The van der Waals surface area contributed by atoms with E-state index in [4.69, 9.17) is 0 Å². The van der Waals surface area contributed by atoms with Crippen molar-refractivity contribution in [2.24, 2.45) is 0 Å². The van der Waals surface area contributed by atoms with Crippen molar-refractivity contribution in [3.8, 4) is 17.2 Å². The minimum absolute atomic E-state index is 0.236. The fourth-order valence-corrected chi connectivity index (χ4v) is 3.15. The molecule has 3 nitrogen and oxygen atoms in total. The summed E-state index contributed by atoms with van der Waals surface area (Å²) in [5.74, 6) is -0.900. The van der Waals surface area contributed by atoms with Crippen molar-refractivity contribution in [2.75, 3.05) is 0 Å². The van der Waals surface area contributed by atoms with Crippen molar-refractivity contribution in [3.05, 3.63) is 17.7 Å². The topological polar surface area (TPSA) is 60.7 Å². The number of hydrogen-bond donors (Lipinski definition) is 3. The van der Waals surface area contributed by atoms with Crippen molar-refractivity contribution < 1.29 is 15.3 Å². The highest BCUT2D eigenvalue weighted by Gasteiger charge is 2.07. The van der Waals surface area contributed by atoms with Gasteiger partial charge in [0.2, 0.25) is 0 Å². The number of rotatable bonds is 14. The summed E-state index contributed by atoms with van der Waals surface area (Å²) in [6, 6.07) is 3.07. The van der Waals surface area contributed by atoms with E-state index in [1.807, 2.05) is 0 Å². The van der Waals surface area contributed by atoms with Crippen LogP contribution in [-0.4, -0.2) is 15.3 Å². The molecule has 0 fully saturated rings. The molecule has 0 aliphatic carbocycles. The highest BCUT2D eigenvalue weighted by molar-refractivity contribution is 5.51. The zero-order chi connectivity index (χ0) is 17.6. The van der Waals surface area contributed by atoms with Gasteiger partial charge < -0.3 is 15.3 Å². The van der Waals surface area contributed by atoms with Crippen molar-refractivity contribution >= 4 is 0 Å². The Bertz CT molecular complexity index is 420. The molecule has 0 saturated carbocycles. The van der Waals surface area contributed by atoms with E-state index in [-0.39, 0.29) is 11.5 Å². The maximum atomic E-state index is 9.47. The molecule has 138 valence electrons. The van der Waals surface area contributed by atoms with Crippen LogP contribution >= 0.6 is 0 Å². The molecule has 0 amide bonds. The van der Waals surface area contributed by atoms with Crippen molar-refractivity contribution in [1.82, 2.24) is 0 Å². The molecule has 0 saturated heterocycles. The van der Waals surface area contributed by atoms with E-state index < -0.39 is 5.75 Å². The second-order valence-electron chi connectivity index (χ2n) is 6.98. The van der Waals surface area contributed by atoms with E-state index in [9.17, 15) is 15.3 Å². The summed E-state index contributed by atoms with van der Waals surface area (Å²) in [5, 5.41) is 28.3. The third-order valence-corrected chi connectivity index (χ3v) is 4.70. The fraction of sp³-hybridized carbons (Fsp3) is 0.714. The summed E-state index contributed by atoms with van der Waals surface area (Å²) in [6.45, 7) is 2.26. The Morgan fingerprint density at radius 2 is 0.958 bits per heavy atom. The van der Waals surface area contributed by atoms with Gasteiger partial charge >= 0.3 is 0 Å². The first-order valence-corrected chi connectivity index (χ1v) is 9.89. The van der Waals surface area contributed by atoms with Gasteiger partial charge in [0.25, 0.3) is 0 Å². The maximum absolute atomic E-state index is 9.47. The van der Waals surface area contributed by atoms with Gasteiger partial charge in [0, 0.05) is 0 Å². The average molecular weight is 337 g/mol. The lowest BCUT2D eigenvalue weighted by molar-refractivity contribution is 0.367. The van der Waals surface area contributed by atoms with Crippen LogP contribution < -0.4 is 0 Å². The van der Waals surface area contributed by atoms with Crippen LogP contribution in [0.5, 0.6) is 17.2 Å². The average Bonchev–Trinajstić information content (AvgIpc) is 2.56. The SMILES string of the molecule is CCCCCCCCCCCCCCCc1cc(O)c(O)c(O)c1. The molecular weight excluding hydrogens is 300 g/mol. The largest absolute Gasteiger partial charge is 0.504 e. The van der Waals surface area contributed by atoms with Gasteiger partial charge in [-0.2, -0.15) is 0 Å². The quantitative estimate of drug-likeness (QED) is 0.271. The monoisotopic (exact) mass is 336 g/mol. The summed E-state index contributed by atoms with van der Waals surface area (Å²) in [5.41, 5.74) is 0.880. The van der Waals surface area contributed by atoms with Crippen LogP contribution in [-0.2, 0) is 6.42 Å². The molecule has 24 heavy (non-hydrogen) atoms. The summed E-state index contributed by atoms with van der Waals surface area (Å²) in [4.78, 5) is 0. The van der Waals surface area contributed by atoms with Crippen LogP contribution in [0.25, 0.3) is 0 Å². The Kier molecular flexibility index (Phi) is 11.2. The van der Waals surface area contributed by atoms with Crippen LogP contribution in [0.2, 0.25) is 0 Å². The molecular formula is C21H36O3. The highest BCUT2D eigenvalue weighted by atomic mass is 16.3. The molecule has 0 unspecified atom stereocenters. The van der Waals surface area contributed by atoms with Crippen LogP contribution in [0.4, 0.5) is 0 Å². The second kappa shape index (κ2) is 13.0. The van der Waals surface area contributed by atoms with E-state index in [0.717, 1.165) is 18.4 Å². The van der Waals surface area contributed by atoms with Gasteiger partial charge in [-0.25, -0.2) is 0 Å². The number of aromatic hydroxyl groups is 3. The minimum Gasteiger partial charge on any atom is -0.504 e. The van der Waals surface area contributed by atoms with Crippen LogP contribution in [0.1, 0.15) is 96.0 Å². The van der Waals surface area contributed by atoms with Gasteiger partial charge in [-0.1, -0.05) is 84.0 Å². The lowest BCUT2D eigenvalue weighted by Gasteiger charge is -2.06. The number of hydrogen-bond acceptors (Lipinski definition) is 3. The van der Waals surface area contributed by atoms with Crippen LogP contribution in [0.15, 0.2) is 12.1 Å². The van der Waals surface area contributed by atoms with E-state index >= 15 is 0 Å². The molecule has 3 heteroatoms. The normalized spacial score (nSPS) is 11.0. The van der Waals surface area contributed by atoms with Gasteiger partial charge in [-0.05, 0) is 30.5 Å². The van der Waals surface area contributed by atoms with Crippen LogP contribution in [0.3, 0.4) is 0 Å². The van der Waals surface area contributed by atoms with Crippen LogP contribution in [0, 0.1) is 0 Å². The Morgan fingerprint density at radius 3 is 1.38 bits per heavy atom. The van der Waals surface area contributed by atoms with E-state index in [1.165, 1.54) is 89.2 Å². The Labute approximate surface area is 147 Å². The predicted molar refractivity (Wildman–Crippen MR) is 101 cm³/mol. The Morgan fingerprint density at radius 1 is 0.583 bits per heavy atom. The van der Waals surface area contributed by atoms with Crippen molar-refractivity contribution in [3.63, 3.8) is 0 Å². The molecule has 0 aliphatic heterocycles.